The lowest BCUT2D eigenvalue weighted by Crippen LogP contribution is -2.53. The highest BCUT2D eigenvalue weighted by atomic mass is 32.2. The number of anilines is 1. The quantitative estimate of drug-likeness (QED) is 0.721. The predicted molar refractivity (Wildman–Crippen MR) is 110 cm³/mol. The number of aliphatic imine (C=N–C) groups is 1. The fourth-order valence-corrected chi connectivity index (χ4v) is 4.28. The van der Waals surface area contributed by atoms with E-state index in [1.165, 1.54) is 25.1 Å². The lowest BCUT2D eigenvalue weighted by Gasteiger charge is -2.39. The van der Waals surface area contributed by atoms with Gasteiger partial charge < -0.3 is 11.1 Å². The Balaban J connectivity index is 1.98. The zero-order chi connectivity index (χ0) is 23.0. The van der Waals surface area contributed by atoms with Crippen LogP contribution in [0.3, 0.4) is 0 Å². The summed E-state index contributed by atoms with van der Waals surface area (Å²) in [4.78, 5) is 20.1. The van der Waals surface area contributed by atoms with E-state index in [1.54, 1.807) is 0 Å². The molecule has 2 heterocycles. The topological polar surface area (TPSA) is 115 Å². The Morgan fingerprint density at radius 3 is 2.48 bits per heavy atom. The Labute approximate surface area is 177 Å². The number of amidine groups is 1. The van der Waals surface area contributed by atoms with Crippen LogP contribution in [0, 0.1) is 11.6 Å². The number of pyridine rings is 1. The summed E-state index contributed by atoms with van der Waals surface area (Å²) < 4.78 is 64.7. The molecule has 1 aromatic carbocycles. The Hall–Kier alpha value is -2.95. The maximum atomic E-state index is 14.7. The average Bonchev–Trinajstić information content (AvgIpc) is 2.71. The highest BCUT2D eigenvalue weighted by Gasteiger charge is 2.49. The van der Waals surface area contributed by atoms with E-state index >= 15 is 0 Å². The summed E-state index contributed by atoms with van der Waals surface area (Å²) in [5.74, 6) is -2.37. The lowest BCUT2D eigenvalue weighted by atomic mass is 9.80. The predicted octanol–water partition coefficient (Wildman–Crippen LogP) is 2.73. The molecule has 0 saturated carbocycles. The normalized spacial score (nSPS) is 23.8. The van der Waals surface area contributed by atoms with Crippen molar-refractivity contribution in [2.45, 2.75) is 30.1 Å². The van der Waals surface area contributed by atoms with E-state index in [1.807, 2.05) is 0 Å². The van der Waals surface area contributed by atoms with Gasteiger partial charge in [0.2, 0.25) is 0 Å². The van der Waals surface area contributed by atoms with Crippen LogP contribution in [0.2, 0.25) is 0 Å². The molecule has 0 unspecified atom stereocenters. The monoisotopic (exact) mass is 454 g/mol. The molecule has 0 bridgehead atoms. The van der Waals surface area contributed by atoms with Crippen LogP contribution in [-0.4, -0.2) is 42.8 Å². The number of nitrogens with one attached hydrogen (secondary N) is 1. The molecule has 31 heavy (non-hydrogen) atoms. The number of rotatable bonds is 5. The number of alkyl halides is 1. The van der Waals surface area contributed by atoms with Crippen LogP contribution < -0.4 is 11.1 Å². The van der Waals surface area contributed by atoms with Crippen LogP contribution in [0.5, 0.6) is 0 Å². The first-order valence-corrected chi connectivity index (χ1v) is 11.2. The molecule has 1 aliphatic heterocycles. The molecule has 3 N–H and O–H groups in total. The van der Waals surface area contributed by atoms with Crippen molar-refractivity contribution in [3.8, 4) is 0 Å². The first-order chi connectivity index (χ1) is 14.4. The number of halogens is 3. The third-order valence-corrected chi connectivity index (χ3v) is 7.67. The van der Waals surface area contributed by atoms with Crippen molar-refractivity contribution in [2.75, 3.05) is 18.2 Å². The van der Waals surface area contributed by atoms with E-state index in [-0.39, 0.29) is 35.6 Å². The van der Waals surface area contributed by atoms with Crippen molar-refractivity contribution in [3.63, 3.8) is 0 Å². The van der Waals surface area contributed by atoms with E-state index in [9.17, 15) is 26.4 Å². The highest BCUT2D eigenvalue weighted by molar-refractivity contribution is 7.92. The number of nitrogens with two attached hydrogens (primary N) is 1. The minimum absolute atomic E-state index is 0.0549. The number of sulfone groups is 1. The Morgan fingerprint density at radius 2 is 1.94 bits per heavy atom. The minimum atomic E-state index is -3.65. The van der Waals surface area contributed by atoms with Gasteiger partial charge in [-0.1, -0.05) is 0 Å². The van der Waals surface area contributed by atoms with Crippen molar-refractivity contribution in [1.82, 2.24) is 4.98 Å². The van der Waals surface area contributed by atoms with Gasteiger partial charge in [-0.25, -0.2) is 26.6 Å². The van der Waals surface area contributed by atoms with Crippen LogP contribution >= 0.6 is 0 Å². The molecule has 1 aromatic heterocycles. The van der Waals surface area contributed by atoms with Crippen molar-refractivity contribution >= 4 is 27.3 Å². The molecule has 2 aromatic rings. The minimum Gasteiger partial charge on any atom is -0.386 e. The molecule has 3 rings (SSSR count). The molecule has 11 heteroatoms. The van der Waals surface area contributed by atoms with Crippen LogP contribution in [0.1, 0.15) is 35.8 Å². The third kappa shape index (κ3) is 4.14. The van der Waals surface area contributed by atoms with Crippen molar-refractivity contribution in [3.05, 3.63) is 59.4 Å². The maximum absolute atomic E-state index is 14.7. The first-order valence-electron chi connectivity index (χ1n) is 9.26. The van der Waals surface area contributed by atoms with Crippen molar-refractivity contribution < 1.29 is 26.4 Å². The lowest BCUT2D eigenvalue weighted by molar-refractivity contribution is 0.102. The third-order valence-electron chi connectivity index (χ3n) is 5.62. The Bertz CT molecular complexity index is 1150. The van der Waals surface area contributed by atoms with Crippen LogP contribution in [0.15, 0.2) is 41.5 Å². The summed E-state index contributed by atoms with van der Waals surface area (Å²) in [5.41, 5.74) is 4.08. The smallest absolute Gasteiger partial charge is 0.274 e. The second-order valence-electron chi connectivity index (χ2n) is 7.68. The standard InChI is InChI=1S/C20H21F3N4O3S/c1-19(31(2,29)30)7-8-20(11-21,27-18(19)24)14-9-13(4-5-15(14)23)26-17(28)16-6-3-12(22)10-25-16/h3-6,9-10H,7-8,11H2,1-2H3,(H2,24,27)(H,26,28)/t19-,20+/m0/s1. The van der Waals surface area contributed by atoms with Crippen LogP contribution in [-0.2, 0) is 15.4 Å². The summed E-state index contributed by atoms with van der Waals surface area (Å²) in [6, 6.07) is 5.76. The Kier molecular flexibility index (Phi) is 5.83. The van der Waals surface area contributed by atoms with Gasteiger partial charge in [-0.05, 0) is 50.1 Å². The summed E-state index contributed by atoms with van der Waals surface area (Å²) >= 11 is 0. The molecule has 7 nitrogen and oxygen atoms in total. The number of carbonyl (C=O) groups is 1. The Morgan fingerprint density at radius 1 is 1.23 bits per heavy atom. The number of hydrogen-bond acceptors (Lipinski definition) is 6. The maximum Gasteiger partial charge on any atom is 0.274 e. The second kappa shape index (κ2) is 7.95. The number of benzene rings is 1. The number of hydrogen-bond donors (Lipinski definition) is 2. The van der Waals surface area contributed by atoms with Crippen LogP contribution in [0.4, 0.5) is 18.9 Å². The second-order valence-corrected chi connectivity index (χ2v) is 10.1. The SMILES string of the molecule is C[C@]1(S(C)(=O)=O)CC[C@@](CF)(c2cc(NC(=O)c3ccc(F)cn3)ccc2F)N=C1N. The van der Waals surface area contributed by atoms with Gasteiger partial charge in [0, 0.05) is 17.5 Å². The molecule has 1 aliphatic rings. The van der Waals surface area contributed by atoms with E-state index in [0.29, 0.717) is 0 Å². The zero-order valence-electron chi connectivity index (χ0n) is 16.8. The van der Waals surface area contributed by atoms with Gasteiger partial charge in [0.15, 0.2) is 9.84 Å². The average molecular weight is 454 g/mol. The number of amides is 1. The van der Waals surface area contributed by atoms with Crippen LogP contribution in [0.25, 0.3) is 0 Å². The van der Waals surface area contributed by atoms with Crippen molar-refractivity contribution in [2.24, 2.45) is 10.7 Å². The molecule has 0 saturated heterocycles. The van der Waals surface area contributed by atoms with Gasteiger partial charge in [-0.2, -0.15) is 0 Å². The summed E-state index contributed by atoms with van der Waals surface area (Å²) in [5, 5.41) is 2.49. The van der Waals surface area contributed by atoms with Gasteiger partial charge in [0.05, 0.1) is 6.20 Å². The van der Waals surface area contributed by atoms with E-state index < -0.39 is 44.3 Å². The molecule has 0 spiro atoms. The molecule has 0 fully saturated rings. The highest BCUT2D eigenvalue weighted by Crippen LogP contribution is 2.42. The van der Waals surface area contributed by atoms with E-state index in [2.05, 4.69) is 15.3 Å². The van der Waals surface area contributed by atoms with Gasteiger partial charge in [-0.3, -0.25) is 9.79 Å². The van der Waals surface area contributed by atoms with E-state index in [4.69, 9.17) is 5.73 Å². The summed E-state index contributed by atoms with van der Waals surface area (Å²) in [6.07, 6.45) is 1.72. The van der Waals surface area contributed by atoms with Gasteiger partial charge in [0.25, 0.3) is 5.91 Å². The summed E-state index contributed by atoms with van der Waals surface area (Å²) in [6.45, 7) is 0.271. The molecule has 0 aliphatic carbocycles. The molecule has 1 amide bonds. The molecule has 0 radical (unpaired) electrons. The first kappa shape index (κ1) is 22.7. The van der Waals surface area contributed by atoms with Gasteiger partial charge in [-0.15, -0.1) is 0 Å². The summed E-state index contributed by atoms with van der Waals surface area (Å²) in [7, 11) is -3.65. The molecule has 166 valence electrons. The fourth-order valence-electron chi connectivity index (χ4n) is 3.38. The molecular weight excluding hydrogens is 433 g/mol. The van der Waals surface area contributed by atoms with E-state index in [0.717, 1.165) is 24.6 Å². The van der Waals surface area contributed by atoms with Crippen molar-refractivity contribution in [1.29, 1.82) is 0 Å². The number of carbonyl (C=O) groups excluding carboxylic acids is 1. The van der Waals surface area contributed by atoms with Gasteiger partial charge in [0.1, 0.15) is 40.1 Å². The number of aromatic nitrogens is 1. The number of nitrogens with zero attached hydrogens (tertiary/aromatic N) is 2. The molecular formula is C20H21F3N4O3S. The largest absolute Gasteiger partial charge is 0.386 e. The molecule has 2 atom stereocenters. The zero-order valence-corrected chi connectivity index (χ0v) is 17.6. The fraction of sp³-hybridized carbons (Fsp3) is 0.350. The van der Waals surface area contributed by atoms with Gasteiger partial charge >= 0.3 is 0 Å².